The van der Waals surface area contributed by atoms with Crippen LogP contribution in [0.25, 0.3) is 0 Å². The molecular weight excluding hydrogens is 413 g/mol. The average molecular weight is 455 g/mol. The van der Waals surface area contributed by atoms with Gasteiger partial charge in [0, 0.05) is 30.2 Å². The van der Waals surface area contributed by atoms with E-state index in [4.69, 9.17) is 0 Å². The molecule has 0 aromatic heterocycles. The van der Waals surface area contributed by atoms with E-state index >= 15 is 0 Å². The van der Waals surface area contributed by atoms with Gasteiger partial charge in [0.15, 0.2) is 0 Å². The summed E-state index contributed by atoms with van der Waals surface area (Å²) in [5.74, 6) is 3.20. The molecule has 3 saturated heterocycles. The summed E-state index contributed by atoms with van der Waals surface area (Å²) in [6.45, 7) is 6.09. The minimum atomic E-state index is -4.16. The molecule has 32 heavy (non-hydrogen) atoms. The predicted molar refractivity (Wildman–Crippen MR) is 121 cm³/mol. The van der Waals surface area contributed by atoms with Gasteiger partial charge in [-0.1, -0.05) is 18.9 Å². The van der Waals surface area contributed by atoms with Crippen LogP contribution in [-0.4, -0.2) is 50.5 Å². The molecule has 4 nitrogen and oxygen atoms in total. The van der Waals surface area contributed by atoms with Gasteiger partial charge in [-0.15, -0.1) is 0 Å². The van der Waals surface area contributed by atoms with Crippen LogP contribution in [0.4, 0.5) is 13.2 Å². The Morgan fingerprint density at radius 3 is 2.50 bits per heavy atom. The summed E-state index contributed by atoms with van der Waals surface area (Å²) in [6.07, 6.45) is 5.61. The first-order valence-electron chi connectivity index (χ1n) is 13.1. The summed E-state index contributed by atoms with van der Waals surface area (Å²) in [7, 11) is 0. The summed E-state index contributed by atoms with van der Waals surface area (Å²) in [6, 6.07) is -0.768. The van der Waals surface area contributed by atoms with Crippen molar-refractivity contribution in [2.75, 3.05) is 26.2 Å². The van der Waals surface area contributed by atoms with Gasteiger partial charge in [0.1, 0.15) is 6.04 Å². The third-order valence-corrected chi connectivity index (χ3v) is 9.25. The quantitative estimate of drug-likeness (QED) is 0.520. The molecule has 182 valence electrons. The minimum Gasteiger partial charge on any atom is -0.385 e. The number of hydrogen-bond donors (Lipinski definition) is 4. The number of fused-ring (bicyclic) bond motifs is 1. The Bertz CT molecular complexity index is 685. The van der Waals surface area contributed by atoms with Crippen LogP contribution in [-0.2, 0) is 0 Å². The van der Waals surface area contributed by atoms with E-state index in [1.165, 1.54) is 49.9 Å². The van der Waals surface area contributed by atoms with Crippen molar-refractivity contribution in [3.05, 3.63) is 11.3 Å². The van der Waals surface area contributed by atoms with Crippen molar-refractivity contribution >= 4 is 0 Å². The zero-order valence-electron chi connectivity index (χ0n) is 19.4. The molecule has 0 amide bonds. The fourth-order valence-corrected chi connectivity index (χ4v) is 7.43. The van der Waals surface area contributed by atoms with Crippen molar-refractivity contribution in [3.63, 3.8) is 0 Å². The zero-order valence-corrected chi connectivity index (χ0v) is 19.4. The Hall–Kier alpha value is -0.790. The largest absolute Gasteiger partial charge is 0.403 e. The van der Waals surface area contributed by atoms with Crippen LogP contribution in [0.15, 0.2) is 11.3 Å². The van der Waals surface area contributed by atoms with Crippen LogP contribution >= 0.6 is 0 Å². The maximum Gasteiger partial charge on any atom is 0.403 e. The molecule has 0 aromatic rings. The van der Waals surface area contributed by atoms with E-state index in [0.717, 1.165) is 44.2 Å². The number of halogens is 3. The molecule has 5 rings (SSSR count). The molecule has 8 unspecified atom stereocenters. The first-order valence-corrected chi connectivity index (χ1v) is 13.1. The highest BCUT2D eigenvalue weighted by Gasteiger charge is 2.46. The molecule has 2 aliphatic carbocycles. The third-order valence-electron chi connectivity index (χ3n) is 9.25. The molecule has 0 aromatic carbocycles. The summed E-state index contributed by atoms with van der Waals surface area (Å²) in [5, 5.41) is 13.9. The molecule has 5 aliphatic rings. The maximum absolute atomic E-state index is 13.3. The van der Waals surface area contributed by atoms with Crippen molar-refractivity contribution in [2.24, 2.45) is 29.6 Å². The normalized spacial score (nSPS) is 42.8. The second-order valence-electron chi connectivity index (χ2n) is 11.2. The summed E-state index contributed by atoms with van der Waals surface area (Å²) < 4.78 is 39.9. The Balaban J connectivity index is 1.29. The van der Waals surface area contributed by atoms with Crippen molar-refractivity contribution in [1.82, 2.24) is 21.3 Å². The van der Waals surface area contributed by atoms with E-state index in [1.807, 2.05) is 0 Å². The van der Waals surface area contributed by atoms with Gasteiger partial charge in [0.25, 0.3) is 0 Å². The molecule has 3 aliphatic heterocycles. The van der Waals surface area contributed by atoms with Gasteiger partial charge >= 0.3 is 6.18 Å². The lowest BCUT2D eigenvalue weighted by Gasteiger charge is -2.50. The topological polar surface area (TPSA) is 48.1 Å². The maximum atomic E-state index is 13.3. The van der Waals surface area contributed by atoms with Crippen molar-refractivity contribution in [3.8, 4) is 0 Å². The predicted octanol–water partition coefficient (Wildman–Crippen LogP) is 3.95. The highest BCUT2D eigenvalue weighted by atomic mass is 19.4. The monoisotopic (exact) mass is 454 g/mol. The van der Waals surface area contributed by atoms with Crippen LogP contribution in [0.1, 0.15) is 64.7 Å². The molecule has 4 N–H and O–H groups in total. The van der Waals surface area contributed by atoms with Gasteiger partial charge in [-0.25, -0.2) is 0 Å². The lowest BCUT2D eigenvalue weighted by Crippen LogP contribution is -2.55. The number of alkyl halides is 3. The van der Waals surface area contributed by atoms with Crippen LogP contribution < -0.4 is 21.3 Å². The van der Waals surface area contributed by atoms with E-state index in [-0.39, 0.29) is 12.5 Å². The molecular formula is C25H41F3N4. The van der Waals surface area contributed by atoms with E-state index < -0.39 is 12.2 Å². The van der Waals surface area contributed by atoms with Gasteiger partial charge in [0.05, 0.1) is 0 Å². The van der Waals surface area contributed by atoms with Crippen LogP contribution in [0.5, 0.6) is 0 Å². The van der Waals surface area contributed by atoms with E-state index in [0.29, 0.717) is 30.3 Å². The van der Waals surface area contributed by atoms with Gasteiger partial charge < -0.3 is 21.3 Å². The highest BCUT2D eigenvalue weighted by Crippen LogP contribution is 2.46. The van der Waals surface area contributed by atoms with Crippen molar-refractivity contribution in [1.29, 1.82) is 0 Å². The SMILES string of the molecule is CC1C(C(NC2CCNC(C(F)(F)F)C2)=C2CC2)CNCC1C1CCCC2NCCCC21. The number of rotatable bonds is 4. The van der Waals surface area contributed by atoms with Gasteiger partial charge in [-0.2, -0.15) is 13.2 Å². The second kappa shape index (κ2) is 9.46. The van der Waals surface area contributed by atoms with Gasteiger partial charge in [-0.3, -0.25) is 0 Å². The highest BCUT2D eigenvalue weighted by molar-refractivity contribution is 5.28. The lowest BCUT2D eigenvalue weighted by atomic mass is 9.61. The standard InChI is InChI=1S/C25H41F3N4/c1-15-20(18-4-2-6-22-19(18)5-3-10-30-22)13-29-14-21(15)24(16-7-8-16)32-17-9-11-31-23(12-17)25(26,27)28/h15,17-23,29-32H,2-14H2,1H3. The lowest BCUT2D eigenvalue weighted by molar-refractivity contribution is -0.161. The molecule has 0 spiro atoms. The molecule has 3 heterocycles. The van der Waals surface area contributed by atoms with Gasteiger partial charge in [-0.05, 0) is 94.7 Å². The van der Waals surface area contributed by atoms with E-state index in [1.54, 1.807) is 0 Å². The van der Waals surface area contributed by atoms with Crippen molar-refractivity contribution < 1.29 is 13.2 Å². The smallest absolute Gasteiger partial charge is 0.385 e. The van der Waals surface area contributed by atoms with Gasteiger partial charge in [0.2, 0.25) is 0 Å². The molecule has 5 fully saturated rings. The molecule has 2 saturated carbocycles. The van der Waals surface area contributed by atoms with E-state index in [2.05, 4.69) is 28.2 Å². The minimum absolute atomic E-state index is 0.0832. The van der Waals surface area contributed by atoms with Crippen LogP contribution in [0.2, 0.25) is 0 Å². The molecule has 0 radical (unpaired) electrons. The Morgan fingerprint density at radius 2 is 1.72 bits per heavy atom. The molecule has 7 heteroatoms. The fraction of sp³-hybridized carbons (Fsp3) is 0.920. The Labute approximate surface area is 190 Å². The summed E-state index contributed by atoms with van der Waals surface area (Å²) in [5.41, 5.74) is 2.77. The number of nitrogens with one attached hydrogen (secondary N) is 4. The molecule has 0 bridgehead atoms. The number of hydrogen-bond acceptors (Lipinski definition) is 4. The molecule has 8 atom stereocenters. The zero-order chi connectivity index (χ0) is 22.3. The number of allylic oxidation sites excluding steroid dienone is 1. The third kappa shape index (κ3) is 4.85. The fourth-order valence-electron chi connectivity index (χ4n) is 7.43. The number of piperidine rings is 3. The van der Waals surface area contributed by atoms with Crippen molar-refractivity contribution in [2.45, 2.75) is 89.0 Å². The first kappa shape index (κ1) is 23.0. The summed E-state index contributed by atoms with van der Waals surface area (Å²) in [4.78, 5) is 0. The van der Waals surface area contributed by atoms with E-state index in [9.17, 15) is 13.2 Å². The Morgan fingerprint density at radius 1 is 0.906 bits per heavy atom. The average Bonchev–Trinajstić information content (AvgIpc) is 3.63. The summed E-state index contributed by atoms with van der Waals surface area (Å²) >= 11 is 0. The Kier molecular flexibility index (Phi) is 6.79. The second-order valence-corrected chi connectivity index (χ2v) is 11.2. The van der Waals surface area contributed by atoms with Crippen LogP contribution in [0, 0.1) is 29.6 Å². The van der Waals surface area contributed by atoms with Crippen LogP contribution in [0.3, 0.4) is 0 Å². The first-order chi connectivity index (χ1) is 15.4.